The first-order valence-corrected chi connectivity index (χ1v) is 4.51. The van der Waals surface area contributed by atoms with E-state index in [-0.39, 0.29) is 12.8 Å². The number of carboxylic acid groups (broad SMARTS) is 1. The first-order valence-electron chi connectivity index (χ1n) is 4.51. The van der Waals surface area contributed by atoms with Crippen LogP contribution in [-0.4, -0.2) is 16.6 Å². The van der Waals surface area contributed by atoms with Gasteiger partial charge in [0.1, 0.15) is 5.54 Å². The quantitative estimate of drug-likeness (QED) is 0.763. The molecule has 4 heteroatoms. The second kappa shape index (κ2) is 4.58. The standard InChI is InChI=1S/C11H12N2O2/c12-8-11(13,7-10(14)15)6-9-4-2-1-3-5-9/h1-5H,6-7,13H2,(H,14,15)/t11-/m0/s1. The second-order valence-electron chi connectivity index (χ2n) is 3.50. The molecule has 15 heavy (non-hydrogen) atoms. The first kappa shape index (κ1) is 11.2. The molecule has 0 radical (unpaired) electrons. The Balaban J connectivity index is 2.78. The number of benzene rings is 1. The van der Waals surface area contributed by atoms with Crippen molar-refractivity contribution in [2.45, 2.75) is 18.4 Å². The van der Waals surface area contributed by atoms with Crippen molar-refractivity contribution < 1.29 is 9.90 Å². The van der Waals surface area contributed by atoms with E-state index in [4.69, 9.17) is 16.1 Å². The minimum atomic E-state index is -1.33. The molecular formula is C11H12N2O2. The highest BCUT2D eigenvalue weighted by atomic mass is 16.4. The molecule has 0 saturated heterocycles. The maximum absolute atomic E-state index is 10.5. The zero-order chi connectivity index (χ0) is 11.3. The number of hydrogen-bond donors (Lipinski definition) is 2. The summed E-state index contributed by atoms with van der Waals surface area (Å²) in [6.45, 7) is 0. The van der Waals surface area contributed by atoms with Gasteiger partial charge in [0.15, 0.2) is 0 Å². The Labute approximate surface area is 87.9 Å². The van der Waals surface area contributed by atoms with Gasteiger partial charge in [-0.2, -0.15) is 5.26 Å². The van der Waals surface area contributed by atoms with Crippen LogP contribution in [0.5, 0.6) is 0 Å². The molecular weight excluding hydrogens is 192 g/mol. The maximum atomic E-state index is 10.5. The van der Waals surface area contributed by atoms with Crippen LogP contribution in [-0.2, 0) is 11.2 Å². The van der Waals surface area contributed by atoms with Gasteiger partial charge in [0.25, 0.3) is 0 Å². The molecule has 0 aromatic heterocycles. The summed E-state index contributed by atoms with van der Waals surface area (Å²) in [5.41, 5.74) is 5.23. The lowest BCUT2D eigenvalue weighted by Gasteiger charge is -2.18. The Bertz CT molecular complexity index is 383. The second-order valence-corrected chi connectivity index (χ2v) is 3.50. The molecule has 0 fully saturated rings. The summed E-state index contributed by atoms with van der Waals surface area (Å²) in [6.07, 6.45) is -0.102. The van der Waals surface area contributed by atoms with Crippen molar-refractivity contribution in [1.29, 1.82) is 5.26 Å². The number of carbonyl (C=O) groups is 1. The number of hydrogen-bond acceptors (Lipinski definition) is 3. The molecule has 3 N–H and O–H groups in total. The number of carboxylic acids is 1. The molecule has 1 aromatic rings. The van der Waals surface area contributed by atoms with Crippen molar-refractivity contribution in [3.63, 3.8) is 0 Å². The van der Waals surface area contributed by atoms with Gasteiger partial charge in [-0.1, -0.05) is 30.3 Å². The van der Waals surface area contributed by atoms with Gasteiger partial charge in [0.05, 0.1) is 12.5 Å². The van der Waals surface area contributed by atoms with Crippen LogP contribution in [0, 0.1) is 11.3 Å². The molecule has 1 atom stereocenters. The molecule has 0 unspecified atom stereocenters. The van der Waals surface area contributed by atoms with E-state index >= 15 is 0 Å². The molecule has 0 heterocycles. The van der Waals surface area contributed by atoms with E-state index in [9.17, 15) is 4.79 Å². The van der Waals surface area contributed by atoms with E-state index in [1.807, 2.05) is 36.4 Å². The van der Waals surface area contributed by atoms with Gasteiger partial charge < -0.3 is 10.8 Å². The smallest absolute Gasteiger partial charge is 0.306 e. The Morgan fingerprint density at radius 3 is 2.53 bits per heavy atom. The number of nitrogens with zero attached hydrogens (tertiary/aromatic N) is 1. The largest absolute Gasteiger partial charge is 0.481 e. The summed E-state index contributed by atoms with van der Waals surface area (Å²) < 4.78 is 0. The minimum Gasteiger partial charge on any atom is -0.481 e. The lowest BCUT2D eigenvalue weighted by molar-refractivity contribution is -0.137. The molecule has 0 amide bonds. The fourth-order valence-electron chi connectivity index (χ4n) is 1.37. The third kappa shape index (κ3) is 3.41. The molecule has 4 nitrogen and oxygen atoms in total. The fraction of sp³-hybridized carbons (Fsp3) is 0.273. The SMILES string of the molecule is N#C[C@@](N)(CC(=O)O)Cc1ccccc1. The molecule has 78 valence electrons. The zero-order valence-corrected chi connectivity index (χ0v) is 8.18. The van der Waals surface area contributed by atoms with Gasteiger partial charge in [0, 0.05) is 6.42 Å². The van der Waals surface area contributed by atoms with Crippen LogP contribution in [0.25, 0.3) is 0 Å². The van der Waals surface area contributed by atoms with Crippen molar-refractivity contribution in [1.82, 2.24) is 0 Å². The monoisotopic (exact) mass is 204 g/mol. The van der Waals surface area contributed by atoms with Crippen molar-refractivity contribution in [2.75, 3.05) is 0 Å². The molecule has 0 bridgehead atoms. The molecule has 0 aliphatic rings. The summed E-state index contributed by atoms with van der Waals surface area (Å²) in [6, 6.07) is 11.0. The van der Waals surface area contributed by atoms with Crippen LogP contribution in [0.2, 0.25) is 0 Å². The van der Waals surface area contributed by atoms with Crippen LogP contribution in [0.15, 0.2) is 30.3 Å². The summed E-state index contributed by atoms with van der Waals surface area (Å²) in [4.78, 5) is 10.5. The molecule has 0 aliphatic carbocycles. The van der Waals surface area contributed by atoms with Crippen LogP contribution < -0.4 is 5.73 Å². The Morgan fingerprint density at radius 2 is 2.07 bits per heavy atom. The molecule has 0 aliphatic heterocycles. The van der Waals surface area contributed by atoms with Gasteiger partial charge >= 0.3 is 5.97 Å². The van der Waals surface area contributed by atoms with E-state index in [2.05, 4.69) is 0 Å². The van der Waals surface area contributed by atoms with Crippen molar-refractivity contribution in [2.24, 2.45) is 5.73 Å². The van der Waals surface area contributed by atoms with E-state index in [0.29, 0.717) is 0 Å². The number of nitriles is 1. The first-order chi connectivity index (χ1) is 7.06. The van der Waals surface area contributed by atoms with Gasteiger partial charge in [-0.25, -0.2) is 0 Å². The van der Waals surface area contributed by atoms with Crippen LogP contribution >= 0.6 is 0 Å². The van der Waals surface area contributed by atoms with Crippen LogP contribution in [0.4, 0.5) is 0 Å². The topological polar surface area (TPSA) is 87.1 Å². The number of rotatable bonds is 4. The van der Waals surface area contributed by atoms with Crippen molar-refractivity contribution >= 4 is 5.97 Å². The van der Waals surface area contributed by atoms with Crippen molar-refractivity contribution in [3.05, 3.63) is 35.9 Å². The molecule has 0 spiro atoms. The third-order valence-corrected chi connectivity index (χ3v) is 2.05. The lowest BCUT2D eigenvalue weighted by atomic mass is 9.90. The minimum absolute atomic E-state index is 0.247. The van der Waals surface area contributed by atoms with Gasteiger partial charge in [-0.3, -0.25) is 4.79 Å². The summed E-state index contributed by atoms with van der Waals surface area (Å²) in [5.74, 6) is -1.06. The van der Waals surface area contributed by atoms with E-state index < -0.39 is 11.5 Å². The number of aliphatic carboxylic acids is 1. The predicted molar refractivity (Wildman–Crippen MR) is 54.9 cm³/mol. The third-order valence-electron chi connectivity index (χ3n) is 2.05. The Kier molecular flexibility index (Phi) is 3.42. The van der Waals surface area contributed by atoms with E-state index in [1.54, 1.807) is 0 Å². The van der Waals surface area contributed by atoms with Crippen molar-refractivity contribution in [3.8, 4) is 6.07 Å². The highest BCUT2D eigenvalue weighted by molar-refractivity contribution is 5.69. The van der Waals surface area contributed by atoms with Crippen LogP contribution in [0.3, 0.4) is 0 Å². The highest BCUT2D eigenvalue weighted by Gasteiger charge is 2.28. The van der Waals surface area contributed by atoms with E-state index in [0.717, 1.165) is 5.56 Å². The van der Waals surface area contributed by atoms with Crippen LogP contribution in [0.1, 0.15) is 12.0 Å². The average Bonchev–Trinajstić information content (AvgIpc) is 2.18. The lowest BCUT2D eigenvalue weighted by Crippen LogP contribution is -2.42. The molecule has 1 rings (SSSR count). The fourth-order valence-corrected chi connectivity index (χ4v) is 1.37. The summed E-state index contributed by atoms with van der Waals surface area (Å²) in [7, 11) is 0. The maximum Gasteiger partial charge on any atom is 0.306 e. The van der Waals surface area contributed by atoms with Gasteiger partial charge in [-0.15, -0.1) is 0 Å². The Morgan fingerprint density at radius 1 is 1.47 bits per heavy atom. The average molecular weight is 204 g/mol. The Hall–Kier alpha value is -1.86. The predicted octanol–water partition coefficient (Wildman–Crippen LogP) is 0.925. The molecule has 1 aromatic carbocycles. The highest BCUT2D eigenvalue weighted by Crippen LogP contribution is 2.14. The zero-order valence-electron chi connectivity index (χ0n) is 8.18. The normalized spacial score (nSPS) is 13.9. The van der Waals surface area contributed by atoms with Gasteiger partial charge in [0.2, 0.25) is 0 Å². The summed E-state index contributed by atoms with van der Waals surface area (Å²) in [5, 5.41) is 17.5. The number of nitrogens with two attached hydrogens (primary N) is 1. The molecule has 0 saturated carbocycles. The van der Waals surface area contributed by atoms with Gasteiger partial charge in [-0.05, 0) is 5.56 Å². The van der Waals surface area contributed by atoms with E-state index in [1.165, 1.54) is 0 Å². The summed E-state index contributed by atoms with van der Waals surface area (Å²) >= 11 is 0.